The lowest BCUT2D eigenvalue weighted by atomic mass is 9.99. The van der Waals surface area contributed by atoms with Gasteiger partial charge in [-0.2, -0.15) is 0 Å². The predicted molar refractivity (Wildman–Crippen MR) is 92.7 cm³/mol. The first-order chi connectivity index (χ1) is 10.2. The van der Waals surface area contributed by atoms with Crippen LogP contribution in [0.2, 0.25) is 0 Å². The van der Waals surface area contributed by atoms with E-state index in [-0.39, 0.29) is 0 Å². The molecule has 2 rings (SSSR count). The molecule has 1 N–H and O–H groups in total. The number of rotatable bonds is 7. The molecule has 0 aromatic heterocycles. The summed E-state index contributed by atoms with van der Waals surface area (Å²) in [5.74, 6) is 0. The van der Waals surface area contributed by atoms with Crippen LogP contribution in [0.15, 0.2) is 42.5 Å². The highest BCUT2D eigenvalue weighted by Crippen LogP contribution is 2.24. The normalized spacial score (nSPS) is 14.5. The molecular weight excluding hydrogens is 256 g/mol. The van der Waals surface area contributed by atoms with Gasteiger partial charge in [0, 0.05) is 18.6 Å². The Kier molecular flexibility index (Phi) is 5.77. The Balaban J connectivity index is 2.10. The average Bonchev–Trinajstić information content (AvgIpc) is 2.51. The van der Waals surface area contributed by atoms with Crippen molar-refractivity contribution in [1.29, 1.82) is 0 Å². The lowest BCUT2D eigenvalue weighted by molar-refractivity contribution is 0.264. The van der Waals surface area contributed by atoms with Crippen LogP contribution in [-0.4, -0.2) is 30.6 Å². The summed E-state index contributed by atoms with van der Waals surface area (Å²) in [7, 11) is 0. The van der Waals surface area contributed by atoms with Crippen LogP contribution in [0.1, 0.15) is 39.3 Å². The molecule has 2 unspecified atom stereocenters. The lowest BCUT2D eigenvalue weighted by Gasteiger charge is -2.27. The molecule has 0 saturated heterocycles. The van der Waals surface area contributed by atoms with Crippen molar-refractivity contribution in [2.24, 2.45) is 0 Å². The molecule has 0 saturated carbocycles. The molecule has 0 aliphatic carbocycles. The Labute approximate surface area is 129 Å². The van der Waals surface area contributed by atoms with E-state index < -0.39 is 0 Å². The molecular formula is C19H28N2. The first-order valence-corrected chi connectivity index (χ1v) is 8.11. The third kappa shape index (κ3) is 4.05. The summed E-state index contributed by atoms with van der Waals surface area (Å²) < 4.78 is 0. The topological polar surface area (TPSA) is 15.3 Å². The van der Waals surface area contributed by atoms with E-state index >= 15 is 0 Å². The monoisotopic (exact) mass is 284 g/mol. The van der Waals surface area contributed by atoms with Crippen molar-refractivity contribution in [1.82, 2.24) is 10.2 Å². The van der Waals surface area contributed by atoms with E-state index in [9.17, 15) is 0 Å². The maximum atomic E-state index is 3.75. The van der Waals surface area contributed by atoms with Gasteiger partial charge in [0.15, 0.2) is 0 Å². The van der Waals surface area contributed by atoms with Gasteiger partial charge in [-0.1, -0.05) is 56.3 Å². The van der Waals surface area contributed by atoms with Crippen LogP contribution in [0.25, 0.3) is 10.8 Å². The second kappa shape index (κ2) is 7.58. The van der Waals surface area contributed by atoms with Gasteiger partial charge in [0.2, 0.25) is 0 Å². The predicted octanol–water partition coefficient (Wildman–Crippen LogP) is 4.22. The molecule has 0 aliphatic rings. The van der Waals surface area contributed by atoms with E-state index in [4.69, 9.17) is 0 Å². The van der Waals surface area contributed by atoms with Gasteiger partial charge in [-0.05, 0) is 43.3 Å². The maximum Gasteiger partial charge on any atom is 0.0300 e. The first kappa shape index (κ1) is 16.0. The zero-order valence-corrected chi connectivity index (χ0v) is 13.8. The zero-order chi connectivity index (χ0) is 15.2. The van der Waals surface area contributed by atoms with E-state index in [2.05, 4.69) is 80.4 Å². The molecule has 114 valence electrons. The van der Waals surface area contributed by atoms with Crippen LogP contribution in [-0.2, 0) is 0 Å². The molecule has 21 heavy (non-hydrogen) atoms. The van der Waals surface area contributed by atoms with Crippen molar-refractivity contribution in [2.75, 3.05) is 19.6 Å². The summed E-state index contributed by atoms with van der Waals surface area (Å²) in [4.78, 5) is 2.47. The molecule has 2 aromatic carbocycles. The molecule has 0 bridgehead atoms. The van der Waals surface area contributed by atoms with Crippen molar-refractivity contribution in [2.45, 2.75) is 39.8 Å². The van der Waals surface area contributed by atoms with Gasteiger partial charge >= 0.3 is 0 Å². The van der Waals surface area contributed by atoms with Gasteiger partial charge in [0.05, 0.1) is 0 Å². The summed E-state index contributed by atoms with van der Waals surface area (Å²) >= 11 is 0. The minimum atomic E-state index is 0.363. The van der Waals surface area contributed by atoms with Crippen molar-refractivity contribution in [3.8, 4) is 0 Å². The second-order valence-corrected chi connectivity index (χ2v) is 5.84. The molecule has 0 radical (unpaired) electrons. The lowest BCUT2D eigenvalue weighted by Crippen LogP contribution is -2.40. The molecule has 0 aliphatic heterocycles. The van der Waals surface area contributed by atoms with Crippen molar-refractivity contribution < 1.29 is 0 Å². The maximum absolute atomic E-state index is 3.75. The number of fused-ring (bicyclic) bond motifs is 1. The van der Waals surface area contributed by atoms with E-state index in [0.29, 0.717) is 12.1 Å². The number of hydrogen-bond donors (Lipinski definition) is 1. The fourth-order valence-electron chi connectivity index (χ4n) is 3.07. The fraction of sp³-hybridized carbons (Fsp3) is 0.474. The molecule has 2 atom stereocenters. The van der Waals surface area contributed by atoms with Crippen molar-refractivity contribution in [3.05, 3.63) is 48.0 Å². The third-order valence-electron chi connectivity index (χ3n) is 4.25. The highest BCUT2D eigenvalue weighted by molar-refractivity contribution is 5.86. The Hall–Kier alpha value is -1.38. The minimum Gasteiger partial charge on any atom is -0.306 e. The fourth-order valence-corrected chi connectivity index (χ4v) is 3.07. The Morgan fingerprint density at radius 2 is 1.62 bits per heavy atom. The van der Waals surface area contributed by atoms with Gasteiger partial charge in [-0.3, -0.25) is 0 Å². The largest absolute Gasteiger partial charge is 0.306 e. The standard InChI is InChI=1S/C19H28N2/c1-5-21(6-2)14-15(3)20-16(4)18-13-9-11-17-10-7-8-12-19(17)18/h7-13,15-16,20H,5-6,14H2,1-4H3. The molecule has 2 nitrogen and oxygen atoms in total. The van der Waals surface area contributed by atoms with Crippen LogP contribution >= 0.6 is 0 Å². The van der Waals surface area contributed by atoms with Gasteiger partial charge in [-0.15, -0.1) is 0 Å². The van der Waals surface area contributed by atoms with Gasteiger partial charge in [0.1, 0.15) is 0 Å². The minimum absolute atomic E-state index is 0.363. The van der Waals surface area contributed by atoms with Gasteiger partial charge in [-0.25, -0.2) is 0 Å². The average molecular weight is 284 g/mol. The second-order valence-electron chi connectivity index (χ2n) is 5.84. The zero-order valence-electron chi connectivity index (χ0n) is 13.8. The quantitative estimate of drug-likeness (QED) is 0.819. The van der Waals surface area contributed by atoms with E-state index in [0.717, 1.165) is 19.6 Å². The molecule has 2 heteroatoms. The molecule has 0 fully saturated rings. The number of nitrogens with one attached hydrogen (secondary N) is 1. The van der Waals surface area contributed by atoms with Crippen LogP contribution in [0.4, 0.5) is 0 Å². The summed E-state index contributed by atoms with van der Waals surface area (Å²) in [6.07, 6.45) is 0. The summed E-state index contributed by atoms with van der Waals surface area (Å²) in [6.45, 7) is 12.3. The van der Waals surface area contributed by atoms with Gasteiger partial charge < -0.3 is 10.2 Å². The van der Waals surface area contributed by atoms with Crippen LogP contribution < -0.4 is 5.32 Å². The van der Waals surface area contributed by atoms with Crippen LogP contribution in [0.3, 0.4) is 0 Å². The smallest absolute Gasteiger partial charge is 0.0300 e. The van der Waals surface area contributed by atoms with Crippen LogP contribution in [0, 0.1) is 0 Å². The summed E-state index contributed by atoms with van der Waals surface area (Å²) in [5.41, 5.74) is 1.39. The highest BCUT2D eigenvalue weighted by Gasteiger charge is 2.13. The number of hydrogen-bond acceptors (Lipinski definition) is 2. The molecule has 0 heterocycles. The highest BCUT2D eigenvalue weighted by atomic mass is 15.1. The van der Waals surface area contributed by atoms with E-state index in [1.807, 2.05) is 0 Å². The molecule has 2 aromatic rings. The Bertz CT molecular complexity index is 555. The third-order valence-corrected chi connectivity index (χ3v) is 4.25. The first-order valence-electron chi connectivity index (χ1n) is 8.11. The Morgan fingerprint density at radius 3 is 2.33 bits per heavy atom. The molecule has 0 amide bonds. The van der Waals surface area contributed by atoms with E-state index in [1.165, 1.54) is 16.3 Å². The van der Waals surface area contributed by atoms with Crippen molar-refractivity contribution >= 4 is 10.8 Å². The SMILES string of the molecule is CCN(CC)CC(C)NC(C)c1cccc2ccccc12. The van der Waals surface area contributed by atoms with Gasteiger partial charge in [0.25, 0.3) is 0 Å². The van der Waals surface area contributed by atoms with E-state index in [1.54, 1.807) is 0 Å². The Morgan fingerprint density at radius 1 is 0.952 bits per heavy atom. The number of likely N-dealkylation sites (N-methyl/N-ethyl adjacent to an activating group) is 1. The van der Waals surface area contributed by atoms with Crippen LogP contribution in [0.5, 0.6) is 0 Å². The number of nitrogens with zero attached hydrogens (tertiary/aromatic N) is 1. The summed E-state index contributed by atoms with van der Waals surface area (Å²) in [5, 5.41) is 6.42. The molecule has 0 spiro atoms. The number of benzene rings is 2. The van der Waals surface area contributed by atoms with Crippen molar-refractivity contribution in [3.63, 3.8) is 0 Å². The summed E-state index contributed by atoms with van der Waals surface area (Å²) in [6, 6.07) is 16.1.